The summed E-state index contributed by atoms with van der Waals surface area (Å²) < 4.78 is 10.7. The molecule has 82 heavy (non-hydrogen) atoms. The third-order valence-corrected chi connectivity index (χ3v) is 11.3. The summed E-state index contributed by atoms with van der Waals surface area (Å²) in [7, 11) is 1.00. The SMILES string of the molecule is C.C1CNCCN1.CC(C)(C)OC(=O)N1CCN(c2ccc(N)nc2)CC1.CC(C)(C)OC(=O)N1CCN(c2ccc([N+](=O)[O-])nc2)CC1.CCCCO.CO.Cl.O=[N+]([O-])c1ccc(Cl)cn1.O=[N+]([O-])c1ccc(N2CCNCC2)cn1. The maximum atomic E-state index is 12.0. The molecule has 0 atom stereocenters. The number of ether oxygens (including phenoxy) is 2. The van der Waals surface area contributed by atoms with E-state index in [-0.39, 0.29) is 49.5 Å². The summed E-state index contributed by atoms with van der Waals surface area (Å²) in [5.74, 6) is 0.0515. The zero-order chi connectivity index (χ0) is 59.7. The molecule has 0 saturated carbocycles. The summed E-state index contributed by atoms with van der Waals surface area (Å²) in [6, 6.07) is 12.7. The number of aliphatic hydroxyl groups excluding tert-OH is 2. The number of nitrogens with zero attached hydrogens (tertiary/aromatic N) is 12. The first-order valence-corrected chi connectivity index (χ1v) is 26.4. The molecule has 4 saturated heterocycles. The van der Waals surface area contributed by atoms with Crippen molar-refractivity contribution in [1.82, 2.24) is 45.7 Å². The van der Waals surface area contributed by atoms with Gasteiger partial charge in [0, 0.05) is 137 Å². The van der Waals surface area contributed by atoms with Crippen LogP contribution in [0.3, 0.4) is 0 Å². The van der Waals surface area contributed by atoms with Crippen molar-refractivity contribution < 1.29 is 44.0 Å². The van der Waals surface area contributed by atoms with Crippen molar-refractivity contribution >= 4 is 76.5 Å². The number of aromatic nitrogens is 4. The average Bonchev–Trinajstić information content (AvgIpc) is 3.47. The molecule has 0 bridgehead atoms. The van der Waals surface area contributed by atoms with Crippen molar-refractivity contribution in [2.45, 2.75) is 79.9 Å². The monoisotopic (exact) mass is 1200 g/mol. The van der Waals surface area contributed by atoms with E-state index in [1.807, 2.05) is 52.5 Å². The van der Waals surface area contributed by atoms with Gasteiger partial charge in [-0.2, -0.15) is 0 Å². The average molecular weight is 1200 g/mol. The number of nitro groups is 3. The summed E-state index contributed by atoms with van der Waals surface area (Å²) in [6.45, 7) is 27.0. The number of hydrogen-bond acceptors (Lipinski definition) is 23. The molecular weight excluding hydrogens is 1110 g/mol. The fourth-order valence-electron chi connectivity index (χ4n) is 7.04. The number of aliphatic hydroxyl groups is 2. The van der Waals surface area contributed by atoms with Crippen LogP contribution in [0.5, 0.6) is 0 Å². The number of nitrogens with two attached hydrogens (primary N) is 1. The third kappa shape index (κ3) is 30.7. The molecule has 460 valence electrons. The highest BCUT2D eigenvalue weighted by Gasteiger charge is 2.28. The second kappa shape index (κ2) is 40.2. The van der Waals surface area contributed by atoms with Crippen molar-refractivity contribution in [3.8, 4) is 0 Å². The lowest BCUT2D eigenvalue weighted by Gasteiger charge is -2.36. The lowest BCUT2D eigenvalue weighted by atomic mass is 10.2. The van der Waals surface area contributed by atoms with Crippen LogP contribution in [0.25, 0.3) is 0 Å². The molecule has 30 heteroatoms. The zero-order valence-electron chi connectivity index (χ0n) is 47.6. The van der Waals surface area contributed by atoms with Gasteiger partial charge < -0.3 is 96.2 Å². The summed E-state index contributed by atoms with van der Waals surface area (Å²) in [5, 5.41) is 56.2. The van der Waals surface area contributed by atoms with E-state index >= 15 is 0 Å². The fraction of sp³-hybridized carbons (Fsp3) is 0.577. The third-order valence-electron chi connectivity index (χ3n) is 11.1. The van der Waals surface area contributed by atoms with Gasteiger partial charge in [-0.3, -0.25) is 0 Å². The molecule has 4 aromatic heterocycles. The molecule has 4 fully saturated rings. The number of amides is 2. The van der Waals surface area contributed by atoms with Crippen LogP contribution >= 0.6 is 24.0 Å². The molecule has 8 heterocycles. The molecule has 0 aromatic carbocycles. The topological polar surface area (TPSA) is 352 Å². The Morgan fingerprint density at radius 2 is 0.902 bits per heavy atom. The summed E-state index contributed by atoms with van der Waals surface area (Å²) in [6.07, 6.45) is 7.53. The molecule has 8 rings (SSSR count). The summed E-state index contributed by atoms with van der Waals surface area (Å²) >= 11 is 5.43. The maximum absolute atomic E-state index is 12.0. The van der Waals surface area contributed by atoms with Crippen LogP contribution < -0.4 is 36.4 Å². The van der Waals surface area contributed by atoms with Gasteiger partial charge in [0.1, 0.15) is 17.0 Å². The quantitative estimate of drug-likeness (QED) is 0.0817. The van der Waals surface area contributed by atoms with Gasteiger partial charge in [-0.05, 0) is 108 Å². The maximum Gasteiger partial charge on any atom is 0.410 e. The van der Waals surface area contributed by atoms with Crippen LogP contribution in [0.1, 0.15) is 68.7 Å². The number of unbranched alkanes of at least 4 members (excludes halogenated alkanes) is 1. The van der Waals surface area contributed by atoms with Crippen LogP contribution in [0.4, 0.5) is 49.9 Å². The molecule has 2 amide bonds. The molecule has 4 aliphatic rings. The van der Waals surface area contributed by atoms with Gasteiger partial charge >= 0.3 is 29.6 Å². The number of nitrogens with one attached hydrogen (secondary N) is 3. The zero-order valence-corrected chi connectivity index (χ0v) is 49.1. The lowest BCUT2D eigenvalue weighted by Crippen LogP contribution is -2.50. The second-order valence-electron chi connectivity index (χ2n) is 19.5. The van der Waals surface area contributed by atoms with Crippen LogP contribution in [0.2, 0.25) is 5.02 Å². The van der Waals surface area contributed by atoms with Crippen LogP contribution in [-0.4, -0.2) is 197 Å². The Morgan fingerprint density at radius 1 is 0.573 bits per heavy atom. The Hall–Kier alpha value is -7.08. The highest BCUT2D eigenvalue weighted by Crippen LogP contribution is 2.21. The number of anilines is 4. The number of carbonyl (C=O) groups excluding carboxylic acids is 2. The first-order valence-electron chi connectivity index (χ1n) is 26.1. The smallest absolute Gasteiger partial charge is 0.410 e. The highest BCUT2D eigenvalue weighted by molar-refractivity contribution is 6.30. The Kier molecular flexibility index (Phi) is 36.7. The van der Waals surface area contributed by atoms with E-state index < -0.39 is 26.0 Å². The van der Waals surface area contributed by atoms with Gasteiger partial charge in [0.15, 0.2) is 18.6 Å². The number of nitrogen functional groups attached to an aromatic ring is 1. The van der Waals surface area contributed by atoms with Crippen molar-refractivity contribution in [3.05, 3.63) is 109 Å². The lowest BCUT2D eigenvalue weighted by molar-refractivity contribution is -0.389. The molecule has 0 unspecified atom stereocenters. The number of halogens is 2. The minimum atomic E-state index is -0.573. The van der Waals surface area contributed by atoms with E-state index in [0.29, 0.717) is 56.7 Å². The number of carbonyl (C=O) groups is 2. The Morgan fingerprint density at radius 3 is 1.16 bits per heavy atom. The Bertz CT molecular complexity index is 2390. The van der Waals surface area contributed by atoms with Gasteiger partial charge in [-0.15, -0.1) is 12.4 Å². The van der Waals surface area contributed by atoms with Gasteiger partial charge in [-0.25, -0.2) is 14.6 Å². The second-order valence-corrected chi connectivity index (χ2v) is 20.0. The van der Waals surface area contributed by atoms with Gasteiger partial charge in [0.25, 0.3) is 0 Å². The van der Waals surface area contributed by atoms with Crippen molar-refractivity contribution in [2.24, 2.45) is 0 Å². The van der Waals surface area contributed by atoms with E-state index in [9.17, 15) is 39.9 Å². The van der Waals surface area contributed by atoms with Crippen molar-refractivity contribution in [3.63, 3.8) is 0 Å². The van der Waals surface area contributed by atoms with Crippen molar-refractivity contribution in [2.75, 3.05) is 139 Å². The molecule has 4 aliphatic heterocycles. The minimum Gasteiger partial charge on any atom is -0.444 e. The molecule has 0 radical (unpaired) electrons. The van der Waals surface area contributed by atoms with Gasteiger partial charge in [0.05, 0.1) is 28.3 Å². The number of pyridine rings is 4. The van der Waals surface area contributed by atoms with Gasteiger partial charge in [-0.1, -0.05) is 32.4 Å². The van der Waals surface area contributed by atoms with Crippen LogP contribution in [0, 0.1) is 30.3 Å². The summed E-state index contributed by atoms with van der Waals surface area (Å²) in [4.78, 5) is 78.3. The molecule has 0 aliphatic carbocycles. The normalized spacial score (nSPS) is 14.6. The molecular formula is C52H86Cl2N16O12. The van der Waals surface area contributed by atoms with E-state index in [1.54, 1.807) is 40.4 Å². The summed E-state index contributed by atoms with van der Waals surface area (Å²) in [5.41, 5.74) is 7.42. The molecule has 0 spiro atoms. The largest absolute Gasteiger partial charge is 0.444 e. The Labute approximate surface area is 492 Å². The van der Waals surface area contributed by atoms with Crippen LogP contribution in [-0.2, 0) is 9.47 Å². The number of rotatable bonds is 8. The molecule has 7 N–H and O–H groups in total. The molecule has 28 nitrogen and oxygen atoms in total. The fourth-order valence-corrected chi connectivity index (χ4v) is 7.15. The predicted molar refractivity (Wildman–Crippen MR) is 321 cm³/mol. The Balaban J connectivity index is 0.00000101. The standard InChI is InChI=1S/C14H20N4O4.C14H22N4O2.C9H12N4O2.C5H3ClN2O2.C4H10N2.C4H10O.CH4O.CH4.ClH/c1-14(2,3)22-13(19)17-8-6-16(7-9-17)11-4-5-12(15-10-11)18(20)21;1-14(2,3)20-13(19)18-8-6-17(7-9-18)11-4-5-12(15)16-10-11;14-13(15)9-2-1-8(7-11-9)12-5-3-10-4-6-12;6-4-1-2-5(7-3-4)8(9)10;1-2-6-4-3-5-1;1-2-3-4-5;1-2;;/h4-5,10H,6-9H2,1-3H3;4-5,10H,6-9H2,1-3H3,(H2,15,16);1-2,7,10H,3-6H2;1-3H;5-6H,1-4H2;5H,2-4H2,1H3;2H,1H3;1H4;1H. The predicted octanol–water partition coefficient (Wildman–Crippen LogP) is 6.43. The minimum absolute atomic E-state index is 0. The van der Waals surface area contributed by atoms with E-state index in [2.05, 4.69) is 52.6 Å². The van der Waals surface area contributed by atoms with E-state index in [0.717, 1.165) is 102 Å². The van der Waals surface area contributed by atoms with E-state index in [4.69, 9.17) is 37.0 Å². The first-order chi connectivity index (χ1) is 38.0. The number of piperazine rings is 4. The van der Waals surface area contributed by atoms with Crippen LogP contribution in [0.15, 0.2) is 73.3 Å². The van der Waals surface area contributed by atoms with Crippen molar-refractivity contribution in [1.29, 1.82) is 0 Å². The van der Waals surface area contributed by atoms with E-state index in [1.165, 1.54) is 36.7 Å². The van der Waals surface area contributed by atoms with Gasteiger partial charge in [0.2, 0.25) is 0 Å². The number of hydrogen-bond donors (Lipinski definition) is 6. The molecule has 4 aromatic rings. The first kappa shape index (κ1) is 74.9. The highest BCUT2D eigenvalue weighted by atomic mass is 35.5.